The molecule has 8 nitrogen and oxygen atoms in total. The van der Waals surface area contributed by atoms with Crippen molar-refractivity contribution in [2.75, 3.05) is 32.8 Å². The van der Waals surface area contributed by atoms with Crippen molar-refractivity contribution in [2.45, 2.75) is 18.5 Å². The number of alkyl halides is 3. The molecule has 0 N–H and O–H groups in total. The van der Waals surface area contributed by atoms with E-state index in [0.717, 1.165) is 12.1 Å². The Kier molecular flexibility index (Phi) is 5.88. The zero-order chi connectivity index (χ0) is 23.8. The molecule has 2 aromatic carbocycles. The summed E-state index contributed by atoms with van der Waals surface area (Å²) < 4.78 is 60.3. The number of hydrogen-bond donors (Lipinski definition) is 0. The first-order chi connectivity index (χ1) is 15.7. The highest BCUT2D eigenvalue weighted by molar-refractivity contribution is 5.97. The van der Waals surface area contributed by atoms with Gasteiger partial charge in [-0.2, -0.15) is 18.2 Å². The summed E-state index contributed by atoms with van der Waals surface area (Å²) in [7, 11) is 4.43. The number of nitrogens with zero attached hydrogens (tertiary/aromatic N) is 3. The van der Waals surface area contributed by atoms with Crippen LogP contribution in [0, 0.1) is 0 Å². The Morgan fingerprint density at radius 3 is 2.36 bits per heavy atom. The minimum absolute atomic E-state index is 0.0229. The topological polar surface area (TPSA) is 86.9 Å². The Labute approximate surface area is 186 Å². The van der Waals surface area contributed by atoms with Crippen LogP contribution in [0.4, 0.5) is 18.9 Å². The van der Waals surface area contributed by atoms with Gasteiger partial charge in [0, 0.05) is 30.7 Å². The fourth-order valence-electron chi connectivity index (χ4n) is 3.70. The number of rotatable bonds is 6. The molecule has 0 spiro atoms. The van der Waals surface area contributed by atoms with Gasteiger partial charge in [0.15, 0.2) is 11.5 Å². The van der Waals surface area contributed by atoms with Gasteiger partial charge in [-0.1, -0.05) is 17.3 Å². The van der Waals surface area contributed by atoms with Crippen LogP contribution in [-0.2, 0) is 11.0 Å². The summed E-state index contributed by atoms with van der Waals surface area (Å²) >= 11 is 0. The quantitative estimate of drug-likeness (QED) is 0.539. The normalized spacial score (nSPS) is 16.2. The van der Waals surface area contributed by atoms with Crippen LogP contribution in [0.2, 0.25) is 0 Å². The number of benzene rings is 2. The average Bonchev–Trinajstić information content (AvgIpc) is 3.44. The molecule has 11 heteroatoms. The van der Waals surface area contributed by atoms with E-state index in [4.69, 9.17) is 18.7 Å². The standard InChI is InChI=1S/C22H20F3N3O5/c1-30-16-9-15(10-17(31-2)19(16)32-3)28-11-13(8-18(28)29)21-26-20(27-33-21)12-5-4-6-14(7-12)22(23,24)25/h4-7,9-10,13H,8,11H2,1-3H3. The Hall–Kier alpha value is -3.76. The lowest BCUT2D eigenvalue weighted by molar-refractivity contribution is -0.137. The highest BCUT2D eigenvalue weighted by Crippen LogP contribution is 2.43. The number of halogens is 3. The van der Waals surface area contributed by atoms with Gasteiger partial charge in [0.1, 0.15) is 0 Å². The van der Waals surface area contributed by atoms with Crippen LogP contribution in [0.15, 0.2) is 40.9 Å². The molecule has 1 unspecified atom stereocenters. The van der Waals surface area contributed by atoms with Gasteiger partial charge < -0.3 is 23.6 Å². The molecule has 0 saturated carbocycles. The molecule has 174 valence electrons. The summed E-state index contributed by atoms with van der Waals surface area (Å²) in [5.74, 6) is 0.771. The second kappa shape index (κ2) is 8.64. The lowest BCUT2D eigenvalue weighted by Crippen LogP contribution is -2.24. The van der Waals surface area contributed by atoms with E-state index < -0.39 is 17.7 Å². The van der Waals surface area contributed by atoms with E-state index in [1.165, 1.54) is 38.4 Å². The van der Waals surface area contributed by atoms with E-state index in [-0.39, 0.29) is 36.2 Å². The van der Waals surface area contributed by atoms with Crippen molar-refractivity contribution in [3.05, 3.63) is 47.9 Å². The first-order valence-electron chi connectivity index (χ1n) is 9.86. The highest BCUT2D eigenvalue weighted by Gasteiger charge is 2.36. The molecular formula is C22H20F3N3O5. The van der Waals surface area contributed by atoms with Gasteiger partial charge in [-0.25, -0.2) is 0 Å². The largest absolute Gasteiger partial charge is 0.493 e. The fourth-order valence-corrected chi connectivity index (χ4v) is 3.70. The van der Waals surface area contributed by atoms with E-state index in [9.17, 15) is 18.0 Å². The maximum atomic E-state index is 13.0. The molecule has 0 radical (unpaired) electrons. The van der Waals surface area contributed by atoms with Gasteiger partial charge >= 0.3 is 6.18 Å². The Morgan fingerprint density at radius 1 is 1.06 bits per heavy atom. The van der Waals surface area contributed by atoms with Crippen molar-refractivity contribution in [2.24, 2.45) is 0 Å². The maximum absolute atomic E-state index is 13.0. The second-order valence-electron chi connectivity index (χ2n) is 7.32. The minimum Gasteiger partial charge on any atom is -0.493 e. The van der Waals surface area contributed by atoms with Crippen LogP contribution in [0.3, 0.4) is 0 Å². The minimum atomic E-state index is -4.48. The molecule has 0 aliphatic carbocycles. The van der Waals surface area contributed by atoms with E-state index in [1.54, 1.807) is 12.1 Å². The molecule has 1 atom stereocenters. The maximum Gasteiger partial charge on any atom is 0.416 e. The summed E-state index contributed by atoms with van der Waals surface area (Å²) in [6.07, 6.45) is -4.39. The lowest BCUT2D eigenvalue weighted by Gasteiger charge is -2.20. The third kappa shape index (κ3) is 4.30. The number of ether oxygens (including phenoxy) is 3. The van der Waals surface area contributed by atoms with Crippen molar-refractivity contribution in [3.63, 3.8) is 0 Å². The van der Waals surface area contributed by atoms with Gasteiger partial charge in [0.25, 0.3) is 0 Å². The fraction of sp³-hybridized carbons (Fsp3) is 0.318. The Balaban J connectivity index is 1.59. The Bertz CT molecular complexity index is 1150. The van der Waals surface area contributed by atoms with E-state index in [2.05, 4.69) is 10.1 Å². The van der Waals surface area contributed by atoms with E-state index in [0.29, 0.717) is 22.9 Å². The highest BCUT2D eigenvalue weighted by atomic mass is 19.4. The molecule has 33 heavy (non-hydrogen) atoms. The molecular weight excluding hydrogens is 443 g/mol. The zero-order valence-electron chi connectivity index (χ0n) is 18.0. The molecule has 1 aromatic heterocycles. The molecule has 1 fully saturated rings. The summed E-state index contributed by atoms with van der Waals surface area (Å²) in [6, 6.07) is 7.98. The monoisotopic (exact) mass is 463 g/mol. The predicted octanol–water partition coefficient (Wildman–Crippen LogP) is 4.30. The van der Waals surface area contributed by atoms with Crippen molar-refractivity contribution in [1.82, 2.24) is 10.1 Å². The second-order valence-corrected chi connectivity index (χ2v) is 7.32. The van der Waals surface area contributed by atoms with E-state index >= 15 is 0 Å². The van der Waals surface area contributed by atoms with Crippen molar-refractivity contribution in [1.29, 1.82) is 0 Å². The first-order valence-corrected chi connectivity index (χ1v) is 9.86. The van der Waals surface area contributed by atoms with Crippen LogP contribution in [-0.4, -0.2) is 43.9 Å². The summed E-state index contributed by atoms with van der Waals surface area (Å²) in [5, 5.41) is 3.81. The lowest BCUT2D eigenvalue weighted by atomic mass is 10.1. The average molecular weight is 463 g/mol. The van der Waals surface area contributed by atoms with Crippen LogP contribution in [0.1, 0.15) is 23.8 Å². The number of carbonyl (C=O) groups is 1. The van der Waals surface area contributed by atoms with Gasteiger partial charge in [0.05, 0.1) is 38.5 Å². The molecule has 1 saturated heterocycles. The molecule has 4 rings (SSSR count). The number of aromatic nitrogens is 2. The van der Waals surface area contributed by atoms with Crippen LogP contribution in [0.25, 0.3) is 11.4 Å². The van der Waals surface area contributed by atoms with Gasteiger partial charge in [0.2, 0.25) is 23.4 Å². The molecule has 0 bridgehead atoms. The number of carbonyl (C=O) groups excluding carboxylic acids is 1. The molecule has 1 aliphatic heterocycles. The van der Waals surface area contributed by atoms with Gasteiger partial charge in [-0.15, -0.1) is 0 Å². The molecule has 1 amide bonds. The molecule has 2 heterocycles. The molecule has 3 aromatic rings. The van der Waals surface area contributed by atoms with Crippen LogP contribution < -0.4 is 19.1 Å². The third-order valence-corrected chi connectivity index (χ3v) is 5.33. The van der Waals surface area contributed by atoms with Crippen molar-refractivity contribution in [3.8, 4) is 28.6 Å². The summed E-state index contributed by atoms with van der Waals surface area (Å²) in [4.78, 5) is 18.5. The first kappa shape index (κ1) is 22.4. The molecule has 1 aliphatic rings. The summed E-state index contributed by atoms with van der Waals surface area (Å²) in [5.41, 5.74) is -0.101. The van der Waals surface area contributed by atoms with Gasteiger partial charge in [-0.05, 0) is 12.1 Å². The van der Waals surface area contributed by atoms with Gasteiger partial charge in [-0.3, -0.25) is 4.79 Å². The number of anilines is 1. The van der Waals surface area contributed by atoms with E-state index in [1.807, 2.05) is 0 Å². The van der Waals surface area contributed by atoms with Crippen molar-refractivity contribution < 1.29 is 36.7 Å². The zero-order valence-corrected chi connectivity index (χ0v) is 18.0. The third-order valence-electron chi connectivity index (χ3n) is 5.33. The van der Waals surface area contributed by atoms with Crippen LogP contribution in [0.5, 0.6) is 17.2 Å². The number of methoxy groups -OCH3 is 3. The number of amides is 1. The van der Waals surface area contributed by atoms with Crippen molar-refractivity contribution >= 4 is 11.6 Å². The predicted molar refractivity (Wildman–Crippen MR) is 111 cm³/mol. The van der Waals surface area contributed by atoms with Crippen LogP contribution >= 0.6 is 0 Å². The smallest absolute Gasteiger partial charge is 0.416 e. The Morgan fingerprint density at radius 2 is 1.76 bits per heavy atom. The number of hydrogen-bond acceptors (Lipinski definition) is 7. The SMILES string of the molecule is COc1cc(N2CC(c3nc(-c4cccc(C(F)(F)F)c4)no3)CC2=O)cc(OC)c1OC. The summed E-state index contributed by atoms with van der Waals surface area (Å²) in [6.45, 7) is 0.238.